The molecule has 0 spiro atoms. The minimum Gasteiger partial charge on any atom is -0.271 e. The summed E-state index contributed by atoms with van der Waals surface area (Å²) in [7, 11) is 0. The number of nitrogens with two attached hydrogens (primary N) is 1. The molecule has 1 atom stereocenters. The van der Waals surface area contributed by atoms with E-state index in [4.69, 9.17) is 5.84 Å². The van der Waals surface area contributed by atoms with Crippen LogP contribution in [0.25, 0.3) is 0 Å². The maximum Gasteiger partial charge on any atom is 0.0944 e. The third-order valence-corrected chi connectivity index (χ3v) is 4.80. The quantitative estimate of drug-likeness (QED) is 0.606. The van der Waals surface area contributed by atoms with Crippen LogP contribution in [0, 0.1) is 6.92 Å². The van der Waals surface area contributed by atoms with Crippen molar-refractivity contribution in [3.8, 4) is 0 Å². The molecule has 2 rings (SSSR count). The molecular weight excluding hydrogens is 262 g/mol. The third-order valence-electron chi connectivity index (χ3n) is 2.88. The highest BCUT2D eigenvalue weighted by atomic mass is 32.1. The van der Waals surface area contributed by atoms with Gasteiger partial charge in [0.15, 0.2) is 0 Å². The molecule has 0 saturated heterocycles. The Morgan fingerprint density at radius 1 is 1.44 bits per heavy atom. The molecule has 0 radical (unpaired) electrons. The molecule has 0 saturated carbocycles. The van der Waals surface area contributed by atoms with Crippen LogP contribution in [-0.4, -0.2) is 11.0 Å². The molecule has 18 heavy (non-hydrogen) atoms. The molecule has 0 fully saturated rings. The van der Waals surface area contributed by atoms with Gasteiger partial charge in [-0.05, 0) is 37.6 Å². The van der Waals surface area contributed by atoms with Crippen LogP contribution in [0.3, 0.4) is 0 Å². The predicted molar refractivity (Wildman–Crippen MR) is 78.9 cm³/mol. The largest absolute Gasteiger partial charge is 0.271 e. The van der Waals surface area contributed by atoms with E-state index < -0.39 is 0 Å². The van der Waals surface area contributed by atoms with Gasteiger partial charge in [0.25, 0.3) is 0 Å². The summed E-state index contributed by atoms with van der Waals surface area (Å²) < 4.78 is 0. The van der Waals surface area contributed by atoms with E-state index in [0.29, 0.717) is 6.04 Å². The van der Waals surface area contributed by atoms with Crippen LogP contribution in [0.5, 0.6) is 0 Å². The minimum atomic E-state index is 0.329. The van der Waals surface area contributed by atoms with Crippen LogP contribution in [0.15, 0.2) is 22.9 Å². The van der Waals surface area contributed by atoms with Crippen molar-refractivity contribution in [2.45, 2.75) is 38.6 Å². The molecule has 5 heteroatoms. The van der Waals surface area contributed by atoms with Gasteiger partial charge in [0.1, 0.15) is 0 Å². The zero-order valence-corrected chi connectivity index (χ0v) is 12.2. The normalized spacial score (nSPS) is 12.8. The standard InChI is InChI=1S/C13H19N3S2/c1-10-9-18-13(15-10)8-11(16-14)4-2-5-12-6-3-7-17-12/h3,6-7,9,11,16H,2,4-5,8,14H2,1H3. The Bertz CT molecular complexity index is 451. The van der Waals surface area contributed by atoms with E-state index in [-0.39, 0.29) is 0 Å². The van der Waals surface area contributed by atoms with Crippen LogP contribution in [0.2, 0.25) is 0 Å². The fraction of sp³-hybridized carbons (Fsp3) is 0.462. The summed E-state index contributed by atoms with van der Waals surface area (Å²) in [5, 5.41) is 5.40. The van der Waals surface area contributed by atoms with Gasteiger partial charge >= 0.3 is 0 Å². The first kappa shape index (κ1) is 13.7. The number of nitrogens with one attached hydrogen (secondary N) is 1. The molecule has 0 amide bonds. The Labute approximate surface area is 116 Å². The first-order valence-electron chi connectivity index (χ1n) is 6.17. The van der Waals surface area contributed by atoms with Crippen LogP contribution >= 0.6 is 22.7 Å². The van der Waals surface area contributed by atoms with Crippen LogP contribution in [0.4, 0.5) is 0 Å². The number of hydrogen-bond donors (Lipinski definition) is 2. The van der Waals surface area contributed by atoms with Gasteiger partial charge < -0.3 is 0 Å². The van der Waals surface area contributed by atoms with Gasteiger partial charge in [-0.1, -0.05) is 6.07 Å². The fourth-order valence-corrected chi connectivity index (χ4v) is 3.53. The first-order chi connectivity index (χ1) is 8.78. The van der Waals surface area contributed by atoms with Crippen molar-refractivity contribution in [1.82, 2.24) is 10.4 Å². The van der Waals surface area contributed by atoms with Crippen molar-refractivity contribution in [3.63, 3.8) is 0 Å². The van der Waals surface area contributed by atoms with Crippen LogP contribution < -0.4 is 11.3 Å². The monoisotopic (exact) mass is 281 g/mol. The second-order valence-electron chi connectivity index (χ2n) is 4.42. The lowest BCUT2D eigenvalue weighted by atomic mass is 10.1. The van der Waals surface area contributed by atoms with Gasteiger partial charge in [0.2, 0.25) is 0 Å². The second-order valence-corrected chi connectivity index (χ2v) is 6.40. The SMILES string of the molecule is Cc1csc(CC(CCCc2cccs2)NN)n1. The van der Waals surface area contributed by atoms with Crippen molar-refractivity contribution in [2.75, 3.05) is 0 Å². The van der Waals surface area contributed by atoms with E-state index in [2.05, 4.69) is 33.3 Å². The molecule has 0 bridgehead atoms. The van der Waals surface area contributed by atoms with Gasteiger partial charge in [-0.2, -0.15) is 0 Å². The number of aryl methyl sites for hydroxylation is 2. The number of nitrogens with zero attached hydrogens (tertiary/aromatic N) is 1. The summed E-state index contributed by atoms with van der Waals surface area (Å²) in [5.41, 5.74) is 4.01. The molecule has 0 aliphatic heterocycles. The zero-order valence-electron chi connectivity index (χ0n) is 10.6. The second kappa shape index (κ2) is 6.99. The lowest BCUT2D eigenvalue weighted by molar-refractivity contribution is 0.476. The number of thiazole rings is 1. The highest BCUT2D eigenvalue weighted by Crippen LogP contribution is 2.16. The molecule has 0 aromatic carbocycles. The highest BCUT2D eigenvalue weighted by molar-refractivity contribution is 7.10. The molecule has 98 valence electrons. The van der Waals surface area contributed by atoms with E-state index in [1.807, 2.05) is 18.3 Å². The Balaban J connectivity index is 1.75. The lowest BCUT2D eigenvalue weighted by Crippen LogP contribution is -2.36. The van der Waals surface area contributed by atoms with Gasteiger partial charge in [0.05, 0.1) is 5.01 Å². The molecule has 1 unspecified atom stereocenters. The molecule has 0 aliphatic rings. The van der Waals surface area contributed by atoms with Crippen molar-refractivity contribution in [3.05, 3.63) is 38.5 Å². The molecule has 2 heterocycles. The summed E-state index contributed by atoms with van der Waals surface area (Å²) in [4.78, 5) is 5.94. The lowest BCUT2D eigenvalue weighted by Gasteiger charge is -2.13. The van der Waals surface area contributed by atoms with Crippen LogP contribution in [0.1, 0.15) is 28.4 Å². The first-order valence-corrected chi connectivity index (χ1v) is 7.93. The van der Waals surface area contributed by atoms with Crippen molar-refractivity contribution < 1.29 is 0 Å². The maximum atomic E-state index is 5.62. The Morgan fingerprint density at radius 3 is 2.94 bits per heavy atom. The van der Waals surface area contributed by atoms with E-state index in [9.17, 15) is 0 Å². The summed E-state index contributed by atoms with van der Waals surface area (Å²) in [6, 6.07) is 4.63. The van der Waals surface area contributed by atoms with E-state index >= 15 is 0 Å². The highest BCUT2D eigenvalue weighted by Gasteiger charge is 2.10. The molecule has 2 aromatic rings. The number of hydrogen-bond acceptors (Lipinski definition) is 5. The van der Waals surface area contributed by atoms with E-state index in [0.717, 1.165) is 25.0 Å². The summed E-state index contributed by atoms with van der Waals surface area (Å²) in [5.74, 6) is 5.62. The van der Waals surface area contributed by atoms with E-state index in [1.165, 1.54) is 16.3 Å². The Morgan fingerprint density at radius 2 is 2.33 bits per heavy atom. The summed E-state index contributed by atoms with van der Waals surface area (Å²) in [6.45, 7) is 2.03. The zero-order chi connectivity index (χ0) is 12.8. The van der Waals surface area contributed by atoms with E-state index in [1.54, 1.807) is 11.3 Å². The van der Waals surface area contributed by atoms with Crippen molar-refractivity contribution in [1.29, 1.82) is 0 Å². The topological polar surface area (TPSA) is 50.9 Å². The average molecular weight is 281 g/mol. The average Bonchev–Trinajstić information content (AvgIpc) is 3.00. The van der Waals surface area contributed by atoms with Gasteiger partial charge in [-0.25, -0.2) is 4.98 Å². The van der Waals surface area contributed by atoms with Crippen molar-refractivity contribution in [2.24, 2.45) is 5.84 Å². The fourth-order valence-electron chi connectivity index (χ4n) is 1.93. The number of thiophene rings is 1. The molecule has 3 N–H and O–H groups in total. The maximum absolute atomic E-state index is 5.62. The predicted octanol–water partition coefficient (Wildman–Crippen LogP) is 2.91. The van der Waals surface area contributed by atoms with Gasteiger partial charge in [0, 0.05) is 28.4 Å². The number of rotatable bonds is 7. The smallest absolute Gasteiger partial charge is 0.0944 e. The van der Waals surface area contributed by atoms with Gasteiger partial charge in [-0.15, -0.1) is 22.7 Å². The summed E-state index contributed by atoms with van der Waals surface area (Å²) in [6.07, 6.45) is 4.33. The Hall–Kier alpha value is -0.750. The minimum absolute atomic E-state index is 0.329. The molecular formula is C13H19N3S2. The molecule has 2 aromatic heterocycles. The van der Waals surface area contributed by atoms with Crippen molar-refractivity contribution >= 4 is 22.7 Å². The summed E-state index contributed by atoms with van der Waals surface area (Å²) >= 11 is 3.55. The number of hydrazine groups is 1. The number of aromatic nitrogens is 1. The van der Waals surface area contributed by atoms with Gasteiger partial charge in [-0.3, -0.25) is 11.3 Å². The molecule has 3 nitrogen and oxygen atoms in total. The van der Waals surface area contributed by atoms with Crippen LogP contribution in [-0.2, 0) is 12.8 Å². The Kier molecular flexibility index (Phi) is 5.31. The third kappa shape index (κ3) is 4.17. The molecule has 0 aliphatic carbocycles.